The Kier molecular flexibility index (Phi) is 9.71. The van der Waals surface area contributed by atoms with Crippen LogP contribution in [-0.4, -0.2) is 17.7 Å². The fraction of sp³-hybridized carbons (Fsp3) is 0.182. The summed E-state index contributed by atoms with van der Waals surface area (Å²) >= 11 is 0. The Bertz CT molecular complexity index is 419. The summed E-state index contributed by atoms with van der Waals surface area (Å²) in [7, 11) is 0. The molecule has 0 saturated heterocycles. The van der Waals surface area contributed by atoms with Crippen LogP contribution in [0.4, 0.5) is 0 Å². The predicted octanol–water partition coefficient (Wildman–Crippen LogP) is -7.76. The minimum absolute atomic E-state index is 0. The van der Waals surface area contributed by atoms with Gasteiger partial charge in [-0.3, -0.25) is 4.79 Å². The number of carboxylic acid groups (broad SMARTS) is 2. The molecule has 1 unspecified atom stereocenters. The minimum atomic E-state index is -1.89. The van der Waals surface area contributed by atoms with Gasteiger partial charge in [0.05, 0.1) is 5.92 Å². The maximum atomic E-state index is 11.2. The van der Waals surface area contributed by atoms with Crippen LogP contribution < -0.4 is 47.9 Å². The molecule has 0 aliphatic heterocycles. The summed E-state index contributed by atoms with van der Waals surface area (Å²) in [5, 5.41) is 20.9. The van der Waals surface area contributed by atoms with Gasteiger partial charge in [0, 0.05) is 12.4 Å². The van der Waals surface area contributed by atoms with Gasteiger partial charge in [-0.1, -0.05) is 30.3 Å². The Balaban J connectivity index is 0. The first kappa shape index (κ1) is 19.4. The molecule has 0 bridgehead atoms. The summed E-state index contributed by atoms with van der Waals surface area (Å²) in [6.07, 6.45) is -0.670. The van der Waals surface area contributed by atoms with Crippen molar-refractivity contribution >= 4 is 17.7 Å². The van der Waals surface area contributed by atoms with Crippen molar-refractivity contribution in [3.63, 3.8) is 0 Å². The molecule has 5 nitrogen and oxygen atoms in total. The summed E-state index contributed by atoms with van der Waals surface area (Å²) in [4.78, 5) is 32.1. The molecule has 1 aromatic carbocycles. The number of carbonyl (C=O) groups is 3. The monoisotopic (exact) mass is 234 g/mol. The predicted molar refractivity (Wildman–Crippen MR) is 48.8 cm³/mol. The fourth-order valence-electron chi connectivity index (χ4n) is 1.36. The first-order chi connectivity index (χ1) is 7.52. The van der Waals surface area contributed by atoms with E-state index in [4.69, 9.17) is 0 Å². The van der Waals surface area contributed by atoms with E-state index in [1.807, 2.05) is 0 Å². The zero-order chi connectivity index (χ0) is 12.1. The van der Waals surface area contributed by atoms with Gasteiger partial charge in [-0.15, -0.1) is 0 Å². The van der Waals surface area contributed by atoms with E-state index in [9.17, 15) is 24.6 Å². The van der Waals surface area contributed by atoms with Crippen LogP contribution in [0.1, 0.15) is 17.9 Å². The molecule has 1 rings (SSSR count). The Morgan fingerprint density at radius 1 is 1.00 bits per heavy atom. The molecule has 7 heteroatoms. The SMILES string of the molecule is O=C([O-])CC(C(=O)C(=O)[O-])c1ccccc1.[Li+].[Li+]. The maximum absolute atomic E-state index is 11.2. The standard InChI is InChI=1S/C11H10O5.2Li/c12-9(13)6-8(10(14)11(15)16)7-4-2-1-3-5-7;;/h1-5,8H,6H2,(H,12,13)(H,15,16);;/q;2*+1/p-2. The largest absolute Gasteiger partial charge is 1.00 e. The average Bonchev–Trinajstić information content (AvgIpc) is 2.26. The van der Waals surface area contributed by atoms with E-state index >= 15 is 0 Å². The van der Waals surface area contributed by atoms with Crippen LogP contribution in [0.2, 0.25) is 0 Å². The van der Waals surface area contributed by atoms with Crippen molar-refractivity contribution in [1.29, 1.82) is 0 Å². The zero-order valence-corrected chi connectivity index (χ0v) is 10.2. The number of carboxylic acids is 2. The van der Waals surface area contributed by atoms with Crippen LogP contribution in [0.5, 0.6) is 0 Å². The minimum Gasteiger partial charge on any atom is -0.550 e. The molecule has 0 aliphatic carbocycles. The van der Waals surface area contributed by atoms with Gasteiger partial charge in [0.2, 0.25) is 0 Å². The number of Topliss-reactive ketones (excluding diaryl/α,β-unsaturated/α-hetero) is 1. The van der Waals surface area contributed by atoms with Crippen molar-refractivity contribution in [2.24, 2.45) is 0 Å². The number of ketones is 1. The van der Waals surface area contributed by atoms with Gasteiger partial charge >= 0.3 is 37.7 Å². The van der Waals surface area contributed by atoms with Gasteiger partial charge in [0.25, 0.3) is 0 Å². The number of benzene rings is 1. The summed E-state index contributed by atoms with van der Waals surface area (Å²) < 4.78 is 0. The first-order valence-electron chi connectivity index (χ1n) is 4.52. The summed E-state index contributed by atoms with van der Waals surface area (Å²) in [5.41, 5.74) is 0.320. The summed E-state index contributed by atoms with van der Waals surface area (Å²) in [5.74, 6) is -5.88. The van der Waals surface area contributed by atoms with Crippen LogP contribution >= 0.6 is 0 Å². The van der Waals surface area contributed by atoms with E-state index < -0.39 is 30.1 Å². The number of hydrogen-bond acceptors (Lipinski definition) is 5. The maximum Gasteiger partial charge on any atom is 1.00 e. The van der Waals surface area contributed by atoms with Crippen molar-refractivity contribution < 1.29 is 62.3 Å². The number of aliphatic carboxylic acids is 2. The van der Waals surface area contributed by atoms with Crippen LogP contribution in [0.25, 0.3) is 0 Å². The van der Waals surface area contributed by atoms with E-state index in [1.54, 1.807) is 18.2 Å². The van der Waals surface area contributed by atoms with Crippen LogP contribution in [-0.2, 0) is 14.4 Å². The van der Waals surface area contributed by atoms with Crippen LogP contribution in [0.3, 0.4) is 0 Å². The van der Waals surface area contributed by atoms with Gasteiger partial charge in [-0.05, 0) is 5.56 Å². The third-order valence-electron chi connectivity index (χ3n) is 2.09. The molecule has 0 fully saturated rings. The molecule has 18 heavy (non-hydrogen) atoms. The van der Waals surface area contributed by atoms with Gasteiger partial charge in [-0.2, -0.15) is 0 Å². The van der Waals surface area contributed by atoms with Crippen LogP contribution in [0.15, 0.2) is 30.3 Å². The second-order valence-corrected chi connectivity index (χ2v) is 3.19. The van der Waals surface area contributed by atoms with Crippen molar-refractivity contribution in [3.8, 4) is 0 Å². The van der Waals surface area contributed by atoms with E-state index in [0.717, 1.165) is 0 Å². The molecule has 1 aromatic rings. The molecule has 0 radical (unpaired) electrons. The molecule has 1 atom stereocenters. The molecular formula is C11H8Li2O5. The summed E-state index contributed by atoms with van der Waals surface area (Å²) in [6.45, 7) is 0. The molecule has 0 amide bonds. The van der Waals surface area contributed by atoms with E-state index in [2.05, 4.69) is 0 Å². The topological polar surface area (TPSA) is 97.3 Å². The van der Waals surface area contributed by atoms with Gasteiger partial charge < -0.3 is 19.8 Å². The average molecular weight is 234 g/mol. The van der Waals surface area contributed by atoms with Gasteiger partial charge in [0.15, 0.2) is 5.78 Å². The zero-order valence-electron chi connectivity index (χ0n) is 10.2. The van der Waals surface area contributed by atoms with Crippen molar-refractivity contribution in [1.82, 2.24) is 0 Å². The third-order valence-corrected chi connectivity index (χ3v) is 2.09. The first-order valence-corrected chi connectivity index (χ1v) is 4.52. The molecular weight excluding hydrogens is 226 g/mol. The molecule has 0 heterocycles. The Hall–Kier alpha value is -0.975. The fourth-order valence-corrected chi connectivity index (χ4v) is 1.36. The second kappa shape index (κ2) is 9.02. The summed E-state index contributed by atoms with van der Waals surface area (Å²) in [6, 6.07) is 7.80. The Morgan fingerprint density at radius 2 is 1.50 bits per heavy atom. The Labute approximate surface area is 128 Å². The van der Waals surface area contributed by atoms with Gasteiger partial charge in [-0.25, -0.2) is 0 Å². The van der Waals surface area contributed by atoms with Crippen molar-refractivity contribution in [2.45, 2.75) is 12.3 Å². The molecule has 0 aromatic heterocycles. The van der Waals surface area contributed by atoms with Crippen LogP contribution in [0, 0.1) is 0 Å². The van der Waals surface area contributed by atoms with Crippen molar-refractivity contribution in [3.05, 3.63) is 35.9 Å². The molecule has 0 N–H and O–H groups in total. The molecule has 0 aliphatic rings. The van der Waals surface area contributed by atoms with E-state index in [1.165, 1.54) is 12.1 Å². The molecule has 84 valence electrons. The Morgan fingerprint density at radius 3 is 1.89 bits per heavy atom. The third kappa shape index (κ3) is 5.57. The molecule has 0 spiro atoms. The molecule has 0 saturated carbocycles. The normalized spacial score (nSPS) is 10.4. The number of rotatable bonds is 5. The number of hydrogen-bond donors (Lipinski definition) is 0. The van der Waals surface area contributed by atoms with Crippen molar-refractivity contribution in [2.75, 3.05) is 0 Å². The van der Waals surface area contributed by atoms with E-state index in [0.29, 0.717) is 5.56 Å². The van der Waals surface area contributed by atoms with Gasteiger partial charge in [0.1, 0.15) is 5.97 Å². The smallest absolute Gasteiger partial charge is 0.550 e. The number of carbonyl (C=O) groups excluding carboxylic acids is 3. The van der Waals surface area contributed by atoms with E-state index in [-0.39, 0.29) is 37.7 Å². The quantitative estimate of drug-likeness (QED) is 0.372. The second-order valence-electron chi connectivity index (χ2n) is 3.19.